The van der Waals surface area contributed by atoms with E-state index >= 15 is 0 Å². The van der Waals surface area contributed by atoms with Gasteiger partial charge in [-0.05, 0) is 49.4 Å². The lowest BCUT2D eigenvalue weighted by Crippen LogP contribution is -2.48. The van der Waals surface area contributed by atoms with E-state index in [0.717, 1.165) is 11.3 Å². The van der Waals surface area contributed by atoms with E-state index in [0.29, 0.717) is 23.0 Å². The predicted molar refractivity (Wildman–Crippen MR) is 121 cm³/mol. The fraction of sp³-hybridized carbons (Fsp3) is 0.750. The minimum Gasteiger partial charge on any atom is -0.545 e. The number of hydrogen-bond acceptors (Lipinski definition) is 5. The molecule has 1 saturated carbocycles. The molecule has 0 spiro atoms. The molecule has 0 bridgehead atoms. The third-order valence-electron chi connectivity index (χ3n) is 7.14. The fourth-order valence-corrected chi connectivity index (χ4v) is 11.3. The van der Waals surface area contributed by atoms with Crippen LogP contribution in [0.3, 0.4) is 0 Å². The second kappa shape index (κ2) is 9.29. The van der Waals surface area contributed by atoms with Crippen LogP contribution in [-0.4, -0.2) is 33.5 Å². The molecule has 30 heavy (non-hydrogen) atoms. The van der Waals surface area contributed by atoms with Gasteiger partial charge in [-0.25, -0.2) is 0 Å². The van der Waals surface area contributed by atoms with Gasteiger partial charge in [-0.15, -0.1) is 0 Å². The molecule has 0 aromatic heterocycles. The van der Waals surface area contributed by atoms with Gasteiger partial charge >= 0.3 is 11.9 Å². The predicted octanol–water partition coefficient (Wildman–Crippen LogP) is 5.77. The largest absolute Gasteiger partial charge is 0.545 e. The van der Waals surface area contributed by atoms with Crippen molar-refractivity contribution in [3.63, 3.8) is 0 Å². The number of carbonyl (C=O) groups is 2. The molecular formula is C24H40O5Si. The highest BCUT2D eigenvalue weighted by atomic mass is 28.4. The third kappa shape index (κ3) is 3.76. The Morgan fingerprint density at radius 1 is 1.03 bits per heavy atom. The Labute approximate surface area is 183 Å². The molecule has 0 aromatic rings. The van der Waals surface area contributed by atoms with Gasteiger partial charge in [0.2, 0.25) is 0 Å². The molecule has 0 radical (unpaired) electrons. The first-order valence-corrected chi connectivity index (χ1v) is 13.6. The number of allylic oxidation sites excluding steroid dienone is 2. The third-order valence-corrected chi connectivity index (χ3v) is 13.1. The Morgan fingerprint density at radius 3 is 1.90 bits per heavy atom. The number of esters is 2. The van der Waals surface area contributed by atoms with Crippen LogP contribution in [0.15, 0.2) is 24.0 Å². The van der Waals surface area contributed by atoms with E-state index in [-0.39, 0.29) is 31.5 Å². The molecule has 0 aliphatic heterocycles. The maximum Gasteiger partial charge on any atom is 0.324 e. The van der Waals surface area contributed by atoms with Crippen molar-refractivity contribution in [2.24, 2.45) is 17.3 Å². The normalized spacial score (nSPS) is 23.0. The van der Waals surface area contributed by atoms with Crippen LogP contribution in [0.25, 0.3) is 0 Å². The smallest absolute Gasteiger partial charge is 0.324 e. The Balaban J connectivity index is 2.45. The van der Waals surface area contributed by atoms with E-state index in [9.17, 15) is 9.59 Å². The van der Waals surface area contributed by atoms with E-state index in [1.54, 1.807) is 13.8 Å². The van der Waals surface area contributed by atoms with Gasteiger partial charge in [0.25, 0.3) is 8.32 Å². The van der Waals surface area contributed by atoms with E-state index in [2.05, 4.69) is 54.2 Å². The molecule has 2 aliphatic rings. The fourth-order valence-electron chi connectivity index (χ4n) is 5.99. The summed E-state index contributed by atoms with van der Waals surface area (Å²) in [5, 5.41) is 0. The van der Waals surface area contributed by atoms with Crippen LogP contribution < -0.4 is 0 Å². The van der Waals surface area contributed by atoms with Crippen molar-refractivity contribution in [2.75, 3.05) is 13.2 Å². The zero-order chi connectivity index (χ0) is 22.9. The van der Waals surface area contributed by atoms with Gasteiger partial charge in [-0.1, -0.05) is 53.7 Å². The van der Waals surface area contributed by atoms with Gasteiger partial charge in [0.1, 0.15) is 0 Å². The van der Waals surface area contributed by atoms with Crippen LogP contribution >= 0.6 is 0 Å². The molecule has 170 valence electrons. The van der Waals surface area contributed by atoms with Crippen LogP contribution in [0.4, 0.5) is 0 Å². The average molecular weight is 437 g/mol. The summed E-state index contributed by atoms with van der Waals surface area (Å²) in [6.07, 6.45) is 2.94. The van der Waals surface area contributed by atoms with E-state index in [1.165, 1.54) is 0 Å². The maximum atomic E-state index is 13.1. The Hall–Kier alpha value is -1.56. The molecule has 0 N–H and O–H groups in total. The van der Waals surface area contributed by atoms with Crippen LogP contribution in [0.5, 0.6) is 0 Å². The molecule has 0 aromatic carbocycles. The summed E-state index contributed by atoms with van der Waals surface area (Å²) in [5.74, 6) is -0.472. The number of carbonyl (C=O) groups excluding carboxylic acids is 2. The Bertz CT molecular complexity index is 667. The first kappa shape index (κ1) is 24.7. The van der Waals surface area contributed by atoms with E-state index < -0.39 is 25.7 Å². The van der Waals surface area contributed by atoms with Crippen LogP contribution in [0, 0.1) is 17.3 Å². The molecule has 0 amide bonds. The number of ether oxygens (including phenoxy) is 2. The van der Waals surface area contributed by atoms with Crippen LogP contribution in [0.2, 0.25) is 16.6 Å². The van der Waals surface area contributed by atoms with Gasteiger partial charge in [0, 0.05) is 11.8 Å². The Kier molecular flexibility index (Phi) is 7.65. The monoisotopic (exact) mass is 436 g/mol. The molecule has 0 saturated heterocycles. The van der Waals surface area contributed by atoms with Gasteiger partial charge in [0.15, 0.2) is 5.41 Å². The van der Waals surface area contributed by atoms with Crippen molar-refractivity contribution < 1.29 is 23.5 Å². The molecule has 0 heterocycles. The summed E-state index contributed by atoms with van der Waals surface area (Å²) in [6.45, 7) is 21.8. The van der Waals surface area contributed by atoms with Gasteiger partial charge in [-0.3, -0.25) is 9.59 Å². The summed E-state index contributed by atoms with van der Waals surface area (Å²) < 4.78 is 17.7. The van der Waals surface area contributed by atoms with Gasteiger partial charge in [-0.2, -0.15) is 0 Å². The van der Waals surface area contributed by atoms with Gasteiger partial charge < -0.3 is 13.9 Å². The van der Waals surface area contributed by atoms with Crippen molar-refractivity contribution in [1.82, 2.24) is 0 Å². The SMILES string of the molecule is C=C1CC(C(=O)OCC)(C(=O)OCC)[C@@H]2CC=C(O[Si](C(C)C)(C(C)C)C(C)C)[C@H]12. The van der Waals surface area contributed by atoms with Crippen LogP contribution in [0.1, 0.15) is 68.2 Å². The van der Waals surface area contributed by atoms with Gasteiger partial charge in [0.05, 0.1) is 19.0 Å². The van der Waals surface area contributed by atoms with Crippen molar-refractivity contribution >= 4 is 20.3 Å². The lowest BCUT2D eigenvalue weighted by atomic mass is 9.75. The summed E-state index contributed by atoms with van der Waals surface area (Å²) in [6, 6.07) is 0. The molecule has 0 unspecified atom stereocenters. The van der Waals surface area contributed by atoms with E-state index in [1.807, 2.05) is 0 Å². The molecule has 1 fully saturated rings. The maximum absolute atomic E-state index is 13.1. The van der Waals surface area contributed by atoms with Crippen molar-refractivity contribution in [2.45, 2.75) is 84.9 Å². The standard InChI is InChI=1S/C24H40O5Si/c1-10-27-22(25)24(23(26)28-11-2)14-18(9)21-19(24)12-13-20(21)29-30(15(3)4,16(5)6)17(7)8/h13,15-17,19,21H,9-12,14H2,1-8H3/t19-,21-/m1/s1. The average Bonchev–Trinajstić information content (AvgIpc) is 3.19. The number of hydrogen-bond donors (Lipinski definition) is 0. The second-order valence-corrected chi connectivity index (χ2v) is 15.0. The molecule has 2 rings (SSSR count). The Morgan fingerprint density at radius 2 is 1.50 bits per heavy atom. The number of rotatable bonds is 9. The lowest BCUT2D eigenvalue weighted by molar-refractivity contribution is -0.175. The lowest BCUT2D eigenvalue weighted by Gasteiger charge is -2.43. The molecular weight excluding hydrogens is 396 g/mol. The highest BCUT2D eigenvalue weighted by Gasteiger charge is 2.65. The first-order valence-electron chi connectivity index (χ1n) is 11.4. The van der Waals surface area contributed by atoms with Crippen molar-refractivity contribution in [1.29, 1.82) is 0 Å². The van der Waals surface area contributed by atoms with Crippen molar-refractivity contribution in [3.05, 3.63) is 24.0 Å². The first-order chi connectivity index (χ1) is 14.0. The molecule has 5 nitrogen and oxygen atoms in total. The minimum absolute atomic E-state index is 0.137. The second-order valence-electron chi connectivity index (χ2n) is 9.59. The van der Waals surface area contributed by atoms with E-state index in [4.69, 9.17) is 13.9 Å². The van der Waals surface area contributed by atoms with Crippen molar-refractivity contribution in [3.8, 4) is 0 Å². The highest BCUT2D eigenvalue weighted by Crippen LogP contribution is 2.59. The summed E-state index contributed by atoms with van der Waals surface area (Å²) >= 11 is 0. The molecule has 2 atom stereocenters. The minimum atomic E-state index is -2.15. The zero-order valence-corrected chi connectivity index (χ0v) is 21.0. The highest BCUT2D eigenvalue weighted by molar-refractivity contribution is 6.77. The summed E-state index contributed by atoms with van der Waals surface area (Å²) in [7, 11) is -2.15. The number of fused-ring (bicyclic) bond motifs is 1. The van der Waals surface area contributed by atoms with Crippen LogP contribution in [-0.2, 0) is 23.5 Å². The molecule has 6 heteroatoms. The zero-order valence-electron chi connectivity index (χ0n) is 20.0. The quantitative estimate of drug-likeness (QED) is 0.199. The molecule has 2 aliphatic carbocycles. The topological polar surface area (TPSA) is 61.8 Å². The summed E-state index contributed by atoms with van der Waals surface area (Å²) in [5.41, 5.74) is 0.850. The summed E-state index contributed by atoms with van der Waals surface area (Å²) in [4.78, 5) is 26.1.